The van der Waals surface area contributed by atoms with Crippen molar-refractivity contribution in [2.75, 3.05) is 0 Å². The maximum absolute atomic E-state index is 10.4. The fourth-order valence-electron chi connectivity index (χ4n) is 1.10. The average molecular weight is 222 g/mol. The first-order valence-electron chi connectivity index (χ1n) is 5.30. The van der Waals surface area contributed by atoms with E-state index in [1.807, 2.05) is 25.9 Å². The van der Waals surface area contributed by atoms with E-state index in [4.69, 9.17) is 4.74 Å². The molecule has 16 heavy (non-hydrogen) atoms. The van der Waals surface area contributed by atoms with Crippen molar-refractivity contribution in [3.63, 3.8) is 0 Å². The van der Waals surface area contributed by atoms with E-state index in [0.29, 0.717) is 17.8 Å². The molecular weight excluding hydrogens is 204 g/mol. The molecule has 0 bridgehead atoms. The highest BCUT2D eigenvalue weighted by molar-refractivity contribution is 5.59. The summed E-state index contributed by atoms with van der Waals surface area (Å²) in [4.78, 5) is 10.4. The Labute approximate surface area is 96.1 Å². The molecule has 0 aromatic heterocycles. The first-order chi connectivity index (χ1) is 7.26. The topological polar surface area (TPSA) is 46.5 Å². The SMILES string of the molecule is CC(C)(O)C(C)(C)OC1=CCC(=C=O)C=C1. The number of carbonyl (C=O) groups excluding carboxylic acids is 1. The first-order valence-corrected chi connectivity index (χ1v) is 5.30. The average Bonchev–Trinajstić information content (AvgIpc) is 2.16. The van der Waals surface area contributed by atoms with Gasteiger partial charge in [0, 0.05) is 12.0 Å². The lowest BCUT2D eigenvalue weighted by molar-refractivity contribution is -0.120. The Morgan fingerprint density at radius 3 is 2.31 bits per heavy atom. The second kappa shape index (κ2) is 4.28. The molecule has 1 rings (SSSR count). The Morgan fingerprint density at radius 1 is 1.31 bits per heavy atom. The van der Waals surface area contributed by atoms with Crippen LogP contribution in [0.15, 0.2) is 29.6 Å². The van der Waals surface area contributed by atoms with E-state index in [1.54, 1.807) is 26.0 Å². The van der Waals surface area contributed by atoms with Crippen LogP contribution in [-0.2, 0) is 9.53 Å². The zero-order valence-electron chi connectivity index (χ0n) is 10.2. The smallest absolute Gasteiger partial charge is 0.131 e. The van der Waals surface area contributed by atoms with Gasteiger partial charge in [-0.3, -0.25) is 0 Å². The minimum absolute atomic E-state index is 0.525. The standard InChI is InChI=1S/C13H18O3/c1-12(2,15)13(3,4)16-11-7-5-10(9-14)6-8-11/h5,7-8,15H,6H2,1-4H3. The second-order valence-corrected chi connectivity index (χ2v) is 4.94. The monoisotopic (exact) mass is 222 g/mol. The summed E-state index contributed by atoms with van der Waals surface area (Å²) in [5.74, 6) is 2.52. The van der Waals surface area contributed by atoms with E-state index in [2.05, 4.69) is 0 Å². The lowest BCUT2D eigenvalue weighted by Gasteiger charge is -2.38. The first kappa shape index (κ1) is 12.8. The summed E-state index contributed by atoms with van der Waals surface area (Å²) in [5.41, 5.74) is -1.03. The molecule has 0 fully saturated rings. The van der Waals surface area contributed by atoms with Crippen molar-refractivity contribution in [2.45, 2.75) is 45.3 Å². The van der Waals surface area contributed by atoms with E-state index in [9.17, 15) is 9.90 Å². The maximum Gasteiger partial charge on any atom is 0.131 e. The van der Waals surface area contributed by atoms with Crippen molar-refractivity contribution in [1.29, 1.82) is 0 Å². The third kappa shape index (κ3) is 2.84. The summed E-state index contributed by atoms with van der Waals surface area (Å²) in [6, 6.07) is 0. The van der Waals surface area contributed by atoms with Crippen LogP contribution in [0.25, 0.3) is 0 Å². The molecule has 1 aliphatic rings. The van der Waals surface area contributed by atoms with Crippen LogP contribution in [0, 0.1) is 0 Å². The molecule has 3 nitrogen and oxygen atoms in total. The van der Waals surface area contributed by atoms with Crippen LogP contribution in [0.1, 0.15) is 34.1 Å². The van der Waals surface area contributed by atoms with Crippen LogP contribution in [0.3, 0.4) is 0 Å². The number of hydrogen-bond acceptors (Lipinski definition) is 3. The van der Waals surface area contributed by atoms with Gasteiger partial charge < -0.3 is 9.84 Å². The molecule has 0 aromatic carbocycles. The van der Waals surface area contributed by atoms with Crippen molar-refractivity contribution in [2.24, 2.45) is 0 Å². The van der Waals surface area contributed by atoms with Gasteiger partial charge in [-0.1, -0.05) is 0 Å². The predicted octanol–water partition coefficient (Wildman–Crippen LogP) is 2.15. The predicted molar refractivity (Wildman–Crippen MR) is 62.5 cm³/mol. The maximum atomic E-state index is 10.4. The van der Waals surface area contributed by atoms with Crippen molar-refractivity contribution in [3.05, 3.63) is 29.6 Å². The fraction of sp³-hybridized carbons (Fsp3) is 0.538. The summed E-state index contributed by atoms with van der Waals surface area (Å²) in [6.07, 6.45) is 5.74. The van der Waals surface area contributed by atoms with E-state index < -0.39 is 11.2 Å². The van der Waals surface area contributed by atoms with E-state index >= 15 is 0 Å². The van der Waals surface area contributed by atoms with E-state index in [1.165, 1.54) is 0 Å². The molecular formula is C13H18O3. The Kier molecular flexibility index (Phi) is 3.41. The van der Waals surface area contributed by atoms with Gasteiger partial charge in [0.2, 0.25) is 0 Å². The highest BCUT2D eigenvalue weighted by Gasteiger charge is 2.37. The second-order valence-electron chi connectivity index (χ2n) is 4.94. The zero-order valence-corrected chi connectivity index (χ0v) is 10.2. The van der Waals surface area contributed by atoms with Gasteiger partial charge >= 0.3 is 0 Å². The van der Waals surface area contributed by atoms with Crippen molar-refractivity contribution >= 4 is 5.94 Å². The van der Waals surface area contributed by atoms with Gasteiger partial charge in [0.05, 0.1) is 5.60 Å². The molecule has 1 N–H and O–H groups in total. The summed E-state index contributed by atoms with van der Waals surface area (Å²) < 4.78 is 5.72. The number of hydrogen-bond donors (Lipinski definition) is 1. The lowest BCUT2D eigenvalue weighted by atomic mass is 9.89. The van der Waals surface area contributed by atoms with Crippen molar-refractivity contribution < 1.29 is 14.6 Å². The van der Waals surface area contributed by atoms with Crippen molar-refractivity contribution in [1.82, 2.24) is 0 Å². The number of aliphatic hydroxyl groups is 1. The summed E-state index contributed by atoms with van der Waals surface area (Å²) in [7, 11) is 0. The van der Waals surface area contributed by atoms with Gasteiger partial charge in [-0.2, -0.15) is 0 Å². The van der Waals surface area contributed by atoms with Gasteiger partial charge in [-0.25, -0.2) is 4.79 Å². The van der Waals surface area contributed by atoms with E-state index in [-0.39, 0.29) is 0 Å². The molecule has 0 amide bonds. The summed E-state index contributed by atoms with van der Waals surface area (Å²) in [5, 5.41) is 9.93. The zero-order chi connectivity index (χ0) is 12.4. The number of ether oxygens (including phenoxy) is 1. The Bertz CT molecular complexity index is 374. The van der Waals surface area contributed by atoms with Gasteiger partial charge in [0.1, 0.15) is 17.3 Å². The normalized spacial score (nSPS) is 16.8. The van der Waals surface area contributed by atoms with Crippen LogP contribution < -0.4 is 0 Å². The number of rotatable bonds is 3. The minimum atomic E-state index is -0.942. The largest absolute Gasteiger partial charge is 0.485 e. The highest BCUT2D eigenvalue weighted by atomic mass is 16.5. The van der Waals surface area contributed by atoms with Crippen LogP contribution in [0.4, 0.5) is 0 Å². The lowest BCUT2D eigenvalue weighted by Crippen LogP contribution is -2.47. The van der Waals surface area contributed by atoms with Crippen LogP contribution >= 0.6 is 0 Å². The molecule has 0 spiro atoms. The molecule has 0 atom stereocenters. The van der Waals surface area contributed by atoms with Gasteiger partial charge in [0.25, 0.3) is 0 Å². The van der Waals surface area contributed by atoms with Crippen LogP contribution in [-0.4, -0.2) is 22.2 Å². The molecule has 1 aliphatic carbocycles. The van der Waals surface area contributed by atoms with Crippen LogP contribution in [0.5, 0.6) is 0 Å². The number of allylic oxidation sites excluding steroid dienone is 4. The molecule has 0 heterocycles. The molecule has 0 aliphatic heterocycles. The molecule has 0 saturated heterocycles. The Balaban J connectivity index is 2.75. The Hall–Kier alpha value is -1.31. The third-order valence-electron chi connectivity index (χ3n) is 2.95. The molecule has 88 valence electrons. The Morgan fingerprint density at radius 2 is 1.94 bits per heavy atom. The molecule has 0 aromatic rings. The van der Waals surface area contributed by atoms with Crippen LogP contribution in [0.2, 0.25) is 0 Å². The molecule has 0 saturated carbocycles. The quantitative estimate of drug-likeness (QED) is 0.744. The molecule has 3 heteroatoms. The van der Waals surface area contributed by atoms with Gasteiger partial charge in [-0.15, -0.1) is 0 Å². The fourth-order valence-corrected chi connectivity index (χ4v) is 1.10. The van der Waals surface area contributed by atoms with E-state index in [0.717, 1.165) is 0 Å². The summed E-state index contributed by atoms with van der Waals surface area (Å²) >= 11 is 0. The molecule has 0 unspecified atom stereocenters. The minimum Gasteiger partial charge on any atom is -0.485 e. The van der Waals surface area contributed by atoms with Crippen molar-refractivity contribution in [3.8, 4) is 0 Å². The van der Waals surface area contributed by atoms with Gasteiger partial charge in [0.15, 0.2) is 0 Å². The molecule has 0 radical (unpaired) electrons. The van der Waals surface area contributed by atoms with Gasteiger partial charge in [-0.05, 0) is 45.9 Å². The third-order valence-corrected chi connectivity index (χ3v) is 2.95. The highest BCUT2D eigenvalue weighted by Crippen LogP contribution is 2.29. The summed E-state index contributed by atoms with van der Waals surface area (Å²) in [6.45, 7) is 7.06.